The van der Waals surface area contributed by atoms with Gasteiger partial charge in [0.05, 0.1) is 6.61 Å². The molecule has 0 amide bonds. The van der Waals surface area contributed by atoms with E-state index >= 15 is 0 Å². The Morgan fingerprint density at radius 3 is 2.59 bits per heavy atom. The molecule has 1 rings (SSSR count). The maximum atomic E-state index is 12.1. The average Bonchev–Trinajstić information content (AvgIpc) is 2.78. The van der Waals surface area contributed by atoms with Gasteiger partial charge in [0.2, 0.25) is 0 Å². The van der Waals surface area contributed by atoms with E-state index in [4.69, 9.17) is 10.2 Å². The van der Waals surface area contributed by atoms with Gasteiger partial charge in [0.15, 0.2) is 0 Å². The van der Waals surface area contributed by atoms with Crippen LogP contribution in [-0.4, -0.2) is 48.1 Å². The Labute approximate surface area is 103 Å². The van der Waals surface area contributed by atoms with Crippen LogP contribution in [0.25, 0.3) is 0 Å². The number of aliphatic hydroxyl groups excluding tert-OH is 1. The molecule has 0 aliphatic rings. The number of rotatable bonds is 6. The number of likely N-dealkylation sites (N-methyl/N-ethyl adjacent to an activating group) is 1. The van der Waals surface area contributed by atoms with E-state index in [1.807, 2.05) is 0 Å². The second kappa shape index (κ2) is 5.58. The Bertz CT molecular complexity index is 468. The summed E-state index contributed by atoms with van der Waals surface area (Å²) >= 11 is 1.01. The molecule has 0 spiro atoms. The van der Waals surface area contributed by atoms with Gasteiger partial charge in [-0.1, -0.05) is 13.0 Å². The Hall–Kier alpha value is -0.960. The molecule has 0 radical (unpaired) electrons. The zero-order valence-electron chi connectivity index (χ0n) is 9.11. The van der Waals surface area contributed by atoms with Crippen LogP contribution in [0, 0.1) is 0 Å². The second-order valence-corrected chi connectivity index (χ2v) is 6.24. The van der Waals surface area contributed by atoms with Crippen molar-refractivity contribution in [2.75, 3.05) is 13.2 Å². The average molecular weight is 279 g/mol. The number of aliphatic hydroxyl groups is 1. The van der Waals surface area contributed by atoms with Gasteiger partial charge in [0.25, 0.3) is 10.0 Å². The van der Waals surface area contributed by atoms with Crippen molar-refractivity contribution in [1.82, 2.24) is 4.31 Å². The third kappa shape index (κ3) is 2.83. The number of carboxylic acid groups (broad SMARTS) is 1. The molecule has 0 bridgehead atoms. The quantitative estimate of drug-likeness (QED) is 0.776. The summed E-state index contributed by atoms with van der Waals surface area (Å²) < 4.78 is 25.0. The minimum Gasteiger partial charge on any atom is -0.480 e. The fourth-order valence-electron chi connectivity index (χ4n) is 1.38. The summed E-state index contributed by atoms with van der Waals surface area (Å²) in [5, 5.41) is 19.4. The summed E-state index contributed by atoms with van der Waals surface area (Å²) in [7, 11) is -3.85. The Morgan fingerprint density at radius 1 is 1.59 bits per heavy atom. The number of thiophene rings is 1. The normalized spacial score (nSPS) is 13.8. The number of aliphatic carboxylic acids is 1. The summed E-state index contributed by atoms with van der Waals surface area (Å²) in [6.45, 7) is 0.752. The minimum atomic E-state index is -3.85. The highest BCUT2D eigenvalue weighted by molar-refractivity contribution is 7.91. The summed E-state index contributed by atoms with van der Waals surface area (Å²) in [5.41, 5.74) is 0. The van der Waals surface area contributed by atoms with E-state index in [0.29, 0.717) is 0 Å². The fourth-order valence-corrected chi connectivity index (χ4v) is 4.08. The SMILES string of the molecule is CCN(C(CO)C(=O)O)S(=O)(=O)c1cccs1. The summed E-state index contributed by atoms with van der Waals surface area (Å²) in [6, 6.07) is 1.52. The maximum absolute atomic E-state index is 12.1. The van der Waals surface area contributed by atoms with Crippen LogP contribution >= 0.6 is 11.3 Å². The van der Waals surface area contributed by atoms with Crippen LogP contribution in [0.3, 0.4) is 0 Å². The first-order valence-electron chi connectivity index (χ1n) is 4.84. The zero-order chi connectivity index (χ0) is 13.1. The van der Waals surface area contributed by atoms with Gasteiger partial charge >= 0.3 is 5.97 Å². The molecule has 2 N–H and O–H groups in total. The Balaban J connectivity index is 3.14. The molecule has 0 aromatic carbocycles. The van der Waals surface area contributed by atoms with Crippen molar-refractivity contribution in [3.63, 3.8) is 0 Å². The molecule has 1 aromatic rings. The molecule has 1 heterocycles. The first kappa shape index (κ1) is 14.1. The molecule has 0 saturated carbocycles. The topological polar surface area (TPSA) is 94.9 Å². The van der Waals surface area contributed by atoms with Crippen LogP contribution in [-0.2, 0) is 14.8 Å². The molecule has 96 valence electrons. The predicted octanol–water partition coefficient (Wildman–Crippen LogP) is 0.204. The van der Waals surface area contributed by atoms with E-state index in [1.165, 1.54) is 13.0 Å². The third-order valence-corrected chi connectivity index (χ3v) is 5.53. The lowest BCUT2D eigenvalue weighted by Gasteiger charge is -2.24. The van der Waals surface area contributed by atoms with Gasteiger partial charge in [0.1, 0.15) is 10.3 Å². The Kier molecular flexibility index (Phi) is 4.63. The molecular weight excluding hydrogens is 266 g/mol. The highest BCUT2D eigenvalue weighted by Crippen LogP contribution is 2.22. The maximum Gasteiger partial charge on any atom is 0.324 e. The van der Waals surface area contributed by atoms with Gasteiger partial charge in [-0.05, 0) is 11.4 Å². The molecule has 1 atom stereocenters. The fraction of sp³-hybridized carbons (Fsp3) is 0.444. The third-order valence-electron chi connectivity index (χ3n) is 2.18. The van der Waals surface area contributed by atoms with E-state index < -0.39 is 28.6 Å². The van der Waals surface area contributed by atoms with Crippen LogP contribution in [0.1, 0.15) is 6.92 Å². The van der Waals surface area contributed by atoms with Crippen molar-refractivity contribution in [1.29, 1.82) is 0 Å². The lowest BCUT2D eigenvalue weighted by molar-refractivity contribution is -0.142. The Morgan fingerprint density at radius 2 is 2.24 bits per heavy atom. The van der Waals surface area contributed by atoms with Crippen molar-refractivity contribution < 1.29 is 23.4 Å². The van der Waals surface area contributed by atoms with Crippen LogP contribution in [0.2, 0.25) is 0 Å². The number of sulfonamides is 1. The molecule has 0 saturated heterocycles. The van der Waals surface area contributed by atoms with Crippen molar-refractivity contribution in [2.45, 2.75) is 17.2 Å². The summed E-state index contributed by atoms with van der Waals surface area (Å²) in [5.74, 6) is -1.37. The van der Waals surface area contributed by atoms with E-state index in [-0.39, 0.29) is 10.8 Å². The van der Waals surface area contributed by atoms with Gasteiger partial charge in [-0.25, -0.2) is 8.42 Å². The molecule has 0 aliphatic heterocycles. The largest absolute Gasteiger partial charge is 0.480 e. The van der Waals surface area contributed by atoms with Crippen LogP contribution in [0.4, 0.5) is 0 Å². The first-order valence-corrected chi connectivity index (χ1v) is 7.16. The molecule has 1 aromatic heterocycles. The van der Waals surface area contributed by atoms with E-state index in [2.05, 4.69) is 0 Å². The number of carbonyl (C=O) groups is 1. The lowest BCUT2D eigenvalue weighted by atomic mass is 10.3. The van der Waals surface area contributed by atoms with Gasteiger partial charge in [-0.2, -0.15) is 4.31 Å². The monoisotopic (exact) mass is 279 g/mol. The number of hydrogen-bond donors (Lipinski definition) is 2. The van der Waals surface area contributed by atoms with Gasteiger partial charge in [-0.15, -0.1) is 11.3 Å². The van der Waals surface area contributed by atoms with Crippen LogP contribution in [0.15, 0.2) is 21.7 Å². The molecule has 6 nitrogen and oxygen atoms in total. The van der Waals surface area contributed by atoms with E-state index in [0.717, 1.165) is 15.6 Å². The van der Waals surface area contributed by atoms with Crippen molar-refractivity contribution in [3.05, 3.63) is 17.5 Å². The minimum absolute atomic E-state index is 0.0161. The molecule has 0 aliphatic carbocycles. The molecule has 8 heteroatoms. The standard InChI is InChI=1S/C9H13NO5S2/c1-2-10(7(6-11)9(12)13)17(14,15)8-4-3-5-16-8/h3-5,7,11H,2,6H2,1H3,(H,12,13). The second-order valence-electron chi connectivity index (χ2n) is 3.18. The number of hydrogen-bond acceptors (Lipinski definition) is 5. The summed E-state index contributed by atoms with van der Waals surface area (Å²) in [4.78, 5) is 10.9. The van der Waals surface area contributed by atoms with Gasteiger partial charge in [0, 0.05) is 6.54 Å². The van der Waals surface area contributed by atoms with Gasteiger partial charge in [-0.3, -0.25) is 4.79 Å². The molecular formula is C9H13NO5S2. The van der Waals surface area contributed by atoms with Crippen molar-refractivity contribution in [2.24, 2.45) is 0 Å². The lowest BCUT2D eigenvalue weighted by Crippen LogP contribution is -2.46. The predicted molar refractivity (Wildman–Crippen MR) is 62.4 cm³/mol. The van der Waals surface area contributed by atoms with Crippen LogP contribution in [0.5, 0.6) is 0 Å². The molecule has 17 heavy (non-hydrogen) atoms. The number of carboxylic acids is 1. The first-order chi connectivity index (χ1) is 7.95. The van der Waals surface area contributed by atoms with Crippen LogP contribution < -0.4 is 0 Å². The highest BCUT2D eigenvalue weighted by Gasteiger charge is 2.34. The summed E-state index contributed by atoms with van der Waals surface area (Å²) in [6.07, 6.45) is 0. The molecule has 1 unspecified atom stereocenters. The van der Waals surface area contributed by atoms with Gasteiger partial charge < -0.3 is 10.2 Å². The number of nitrogens with zero attached hydrogens (tertiary/aromatic N) is 1. The van der Waals surface area contributed by atoms with Crippen molar-refractivity contribution in [3.8, 4) is 0 Å². The highest BCUT2D eigenvalue weighted by atomic mass is 32.2. The van der Waals surface area contributed by atoms with Crippen molar-refractivity contribution >= 4 is 27.3 Å². The zero-order valence-corrected chi connectivity index (χ0v) is 10.7. The van der Waals surface area contributed by atoms with E-state index in [1.54, 1.807) is 11.4 Å². The molecule has 0 fully saturated rings. The smallest absolute Gasteiger partial charge is 0.324 e. The van der Waals surface area contributed by atoms with E-state index in [9.17, 15) is 13.2 Å².